The van der Waals surface area contributed by atoms with Crippen molar-refractivity contribution in [3.63, 3.8) is 0 Å². The predicted molar refractivity (Wildman–Crippen MR) is 131 cm³/mol. The number of rotatable bonds is 3. The minimum Gasteiger partial charge on any atom is -0.508 e. The van der Waals surface area contributed by atoms with Gasteiger partial charge in [0.2, 0.25) is 0 Å². The molecule has 0 radical (unpaired) electrons. The van der Waals surface area contributed by atoms with Gasteiger partial charge in [0.1, 0.15) is 17.2 Å². The maximum atomic E-state index is 10.0. The Balaban J connectivity index is 1.80. The van der Waals surface area contributed by atoms with Gasteiger partial charge in [-0.3, -0.25) is 0 Å². The number of phenols is 2. The second-order valence-electron chi connectivity index (χ2n) is 8.50. The maximum Gasteiger partial charge on any atom is 0.119 e. The van der Waals surface area contributed by atoms with E-state index in [0.29, 0.717) is 0 Å². The summed E-state index contributed by atoms with van der Waals surface area (Å²) < 4.78 is 5.59. The van der Waals surface area contributed by atoms with Gasteiger partial charge in [-0.2, -0.15) is 0 Å². The summed E-state index contributed by atoms with van der Waals surface area (Å²) in [6.45, 7) is 0. The van der Waals surface area contributed by atoms with E-state index >= 15 is 0 Å². The van der Waals surface area contributed by atoms with Crippen LogP contribution in [0.25, 0.3) is 21.9 Å². The minimum atomic E-state index is -0.609. The van der Waals surface area contributed by atoms with E-state index in [1.54, 1.807) is 31.4 Å². The molecule has 6 rings (SSSR count). The SMILES string of the molecule is COc1ccc2c(c1)-c1cc3ccccc3cc1C2(c1ccc(O)cc1)c1ccc(O)cc1. The van der Waals surface area contributed by atoms with Gasteiger partial charge < -0.3 is 14.9 Å². The van der Waals surface area contributed by atoms with E-state index in [2.05, 4.69) is 48.5 Å². The fraction of sp³-hybridized carbons (Fsp3) is 0.0667. The zero-order chi connectivity index (χ0) is 22.6. The Labute approximate surface area is 192 Å². The van der Waals surface area contributed by atoms with Crippen LogP contribution in [0.5, 0.6) is 17.2 Å². The minimum absolute atomic E-state index is 0.228. The standard InChI is InChI=1S/C30H22O3/c1-33-25-14-15-28-27(18-25)26-16-19-4-2-3-5-20(19)17-29(26)30(28,21-6-10-23(31)11-7-21)22-8-12-24(32)13-9-22/h2-18,31-32H,1H3. The Hall–Kier alpha value is -4.24. The predicted octanol–water partition coefficient (Wildman–Crippen LogP) is 6.62. The Kier molecular flexibility index (Phi) is 4.21. The monoisotopic (exact) mass is 430 g/mol. The van der Waals surface area contributed by atoms with Crippen LogP contribution in [-0.4, -0.2) is 17.3 Å². The number of hydrogen-bond acceptors (Lipinski definition) is 3. The number of benzene rings is 5. The third kappa shape index (κ3) is 2.76. The van der Waals surface area contributed by atoms with Crippen LogP contribution in [0.1, 0.15) is 22.3 Å². The number of fused-ring (bicyclic) bond motifs is 4. The highest BCUT2D eigenvalue weighted by atomic mass is 16.5. The highest BCUT2D eigenvalue weighted by Crippen LogP contribution is 2.57. The van der Waals surface area contributed by atoms with Gasteiger partial charge in [-0.05, 0) is 92.7 Å². The molecule has 1 aliphatic carbocycles. The van der Waals surface area contributed by atoms with Crippen LogP contribution in [0.15, 0.2) is 103 Å². The summed E-state index contributed by atoms with van der Waals surface area (Å²) in [6, 6.07) is 34.0. The second-order valence-corrected chi connectivity index (χ2v) is 8.50. The van der Waals surface area contributed by atoms with Crippen LogP contribution < -0.4 is 4.74 Å². The molecule has 3 heteroatoms. The van der Waals surface area contributed by atoms with Crippen molar-refractivity contribution < 1.29 is 14.9 Å². The van der Waals surface area contributed by atoms with Crippen LogP contribution in [0.3, 0.4) is 0 Å². The molecule has 5 aromatic rings. The lowest BCUT2D eigenvalue weighted by molar-refractivity contribution is 0.415. The molecule has 0 atom stereocenters. The summed E-state index contributed by atoms with van der Waals surface area (Å²) in [5, 5.41) is 22.4. The van der Waals surface area contributed by atoms with Crippen molar-refractivity contribution in [2.45, 2.75) is 5.41 Å². The lowest BCUT2D eigenvalue weighted by Gasteiger charge is -2.34. The number of aromatic hydroxyl groups is 2. The first-order valence-electron chi connectivity index (χ1n) is 10.9. The summed E-state index contributed by atoms with van der Waals surface area (Å²) in [5.41, 5.74) is 6.08. The largest absolute Gasteiger partial charge is 0.508 e. The zero-order valence-electron chi connectivity index (χ0n) is 18.1. The zero-order valence-corrected chi connectivity index (χ0v) is 18.1. The van der Waals surface area contributed by atoms with Gasteiger partial charge in [0.15, 0.2) is 0 Å². The molecular formula is C30H22O3. The molecule has 33 heavy (non-hydrogen) atoms. The van der Waals surface area contributed by atoms with Gasteiger partial charge in [-0.1, -0.05) is 54.6 Å². The number of phenolic OH excluding ortho intramolecular Hbond substituents is 2. The van der Waals surface area contributed by atoms with Crippen molar-refractivity contribution in [3.8, 4) is 28.4 Å². The fourth-order valence-electron chi connectivity index (χ4n) is 5.33. The molecule has 1 aliphatic rings. The number of hydrogen-bond donors (Lipinski definition) is 2. The van der Waals surface area contributed by atoms with Crippen LogP contribution in [0.4, 0.5) is 0 Å². The van der Waals surface area contributed by atoms with E-state index in [0.717, 1.165) is 39.0 Å². The lowest BCUT2D eigenvalue weighted by atomic mass is 9.67. The molecule has 0 saturated heterocycles. The molecule has 0 amide bonds. The van der Waals surface area contributed by atoms with Gasteiger partial charge in [0.25, 0.3) is 0 Å². The van der Waals surface area contributed by atoms with E-state index in [9.17, 15) is 10.2 Å². The quantitative estimate of drug-likeness (QED) is 0.332. The Morgan fingerprint density at radius 3 is 1.70 bits per heavy atom. The summed E-state index contributed by atoms with van der Waals surface area (Å²) in [6.07, 6.45) is 0. The molecular weight excluding hydrogens is 408 g/mol. The van der Waals surface area contributed by atoms with E-state index < -0.39 is 5.41 Å². The summed E-state index contributed by atoms with van der Waals surface area (Å²) in [7, 11) is 1.69. The molecule has 2 N–H and O–H groups in total. The second kappa shape index (κ2) is 7.14. The van der Waals surface area contributed by atoms with Crippen molar-refractivity contribution in [2.75, 3.05) is 7.11 Å². The average molecular weight is 431 g/mol. The molecule has 0 aromatic heterocycles. The topological polar surface area (TPSA) is 49.7 Å². The Morgan fingerprint density at radius 2 is 1.12 bits per heavy atom. The highest BCUT2D eigenvalue weighted by molar-refractivity contribution is 5.96. The first kappa shape index (κ1) is 19.4. The smallest absolute Gasteiger partial charge is 0.119 e. The van der Waals surface area contributed by atoms with Gasteiger partial charge in [-0.15, -0.1) is 0 Å². The molecule has 3 nitrogen and oxygen atoms in total. The highest BCUT2D eigenvalue weighted by Gasteiger charge is 2.46. The van der Waals surface area contributed by atoms with Crippen molar-refractivity contribution >= 4 is 10.8 Å². The molecule has 0 heterocycles. The lowest BCUT2D eigenvalue weighted by Crippen LogP contribution is -2.28. The van der Waals surface area contributed by atoms with Crippen LogP contribution in [0, 0.1) is 0 Å². The molecule has 0 bridgehead atoms. The van der Waals surface area contributed by atoms with Crippen LogP contribution in [-0.2, 0) is 5.41 Å². The van der Waals surface area contributed by atoms with E-state index in [4.69, 9.17) is 4.74 Å². The normalized spacial score (nSPS) is 13.5. The van der Waals surface area contributed by atoms with E-state index in [-0.39, 0.29) is 11.5 Å². The van der Waals surface area contributed by atoms with Gasteiger partial charge in [0.05, 0.1) is 12.5 Å². The molecule has 0 saturated carbocycles. The molecule has 5 aromatic carbocycles. The maximum absolute atomic E-state index is 10.0. The van der Waals surface area contributed by atoms with Crippen molar-refractivity contribution in [1.29, 1.82) is 0 Å². The van der Waals surface area contributed by atoms with Crippen LogP contribution >= 0.6 is 0 Å². The molecule has 0 fully saturated rings. The van der Waals surface area contributed by atoms with E-state index in [1.807, 2.05) is 30.3 Å². The van der Waals surface area contributed by atoms with Crippen LogP contribution in [0.2, 0.25) is 0 Å². The molecule has 160 valence electrons. The van der Waals surface area contributed by atoms with E-state index in [1.165, 1.54) is 10.9 Å². The fourth-order valence-corrected chi connectivity index (χ4v) is 5.33. The Bertz CT molecular complexity index is 1450. The first-order chi connectivity index (χ1) is 16.1. The third-order valence-corrected chi connectivity index (χ3v) is 6.81. The van der Waals surface area contributed by atoms with Gasteiger partial charge in [-0.25, -0.2) is 0 Å². The summed E-state index contributed by atoms with van der Waals surface area (Å²) in [4.78, 5) is 0. The number of ether oxygens (including phenoxy) is 1. The summed E-state index contributed by atoms with van der Waals surface area (Å²) in [5.74, 6) is 1.26. The molecule has 0 spiro atoms. The van der Waals surface area contributed by atoms with Crippen molar-refractivity contribution in [2.24, 2.45) is 0 Å². The Morgan fingerprint density at radius 1 is 0.576 bits per heavy atom. The average Bonchev–Trinajstić information content (AvgIpc) is 3.13. The molecule has 0 unspecified atom stereocenters. The van der Waals surface area contributed by atoms with Gasteiger partial charge >= 0.3 is 0 Å². The van der Waals surface area contributed by atoms with Crippen molar-refractivity contribution in [1.82, 2.24) is 0 Å². The third-order valence-electron chi connectivity index (χ3n) is 6.81. The van der Waals surface area contributed by atoms with Crippen molar-refractivity contribution in [3.05, 3.63) is 125 Å². The first-order valence-corrected chi connectivity index (χ1v) is 10.9. The molecule has 0 aliphatic heterocycles. The van der Waals surface area contributed by atoms with Gasteiger partial charge in [0, 0.05) is 0 Å². The number of methoxy groups -OCH3 is 1. The summed E-state index contributed by atoms with van der Waals surface area (Å²) >= 11 is 0.